The zero-order chi connectivity index (χ0) is 8.43. The molecule has 0 aromatic carbocycles. The highest BCUT2D eigenvalue weighted by Gasteiger charge is 2.34. The van der Waals surface area contributed by atoms with Gasteiger partial charge < -0.3 is 5.11 Å². The summed E-state index contributed by atoms with van der Waals surface area (Å²) >= 11 is 0. The zero-order valence-electron chi connectivity index (χ0n) is 7.21. The molecule has 64 valence electrons. The van der Waals surface area contributed by atoms with Gasteiger partial charge in [-0.2, -0.15) is 0 Å². The van der Waals surface area contributed by atoms with Crippen LogP contribution in [0, 0.1) is 17.8 Å². The molecule has 0 saturated heterocycles. The first-order valence-corrected chi connectivity index (χ1v) is 4.35. The molecule has 11 heavy (non-hydrogen) atoms. The molecular formula is C9H16O2. The average Bonchev–Trinajstić information content (AvgIpc) is 2.32. The van der Waals surface area contributed by atoms with Gasteiger partial charge in [0.05, 0.1) is 5.92 Å². The van der Waals surface area contributed by atoms with Crippen LogP contribution in [0.25, 0.3) is 0 Å². The molecule has 1 rings (SSSR count). The van der Waals surface area contributed by atoms with Gasteiger partial charge in [-0.1, -0.05) is 20.3 Å². The molecule has 0 bridgehead atoms. The highest BCUT2D eigenvalue weighted by atomic mass is 16.4. The molecule has 0 radical (unpaired) electrons. The first kappa shape index (κ1) is 8.57. The van der Waals surface area contributed by atoms with Crippen LogP contribution in [0.4, 0.5) is 0 Å². The van der Waals surface area contributed by atoms with E-state index in [1.807, 2.05) is 0 Å². The Labute approximate surface area is 67.6 Å². The fourth-order valence-electron chi connectivity index (χ4n) is 2.09. The second-order valence-electron chi connectivity index (χ2n) is 3.78. The van der Waals surface area contributed by atoms with Gasteiger partial charge in [0, 0.05) is 0 Å². The molecular weight excluding hydrogens is 140 g/mol. The third-order valence-electron chi connectivity index (χ3n) is 2.74. The Morgan fingerprint density at radius 2 is 2.09 bits per heavy atom. The minimum Gasteiger partial charge on any atom is -0.481 e. The van der Waals surface area contributed by atoms with Crippen LogP contribution in [0.3, 0.4) is 0 Å². The number of hydrogen-bond acceptors (Lipinski definition) is 1. The fourth-order valence-corrected chi connectivity index (χ4v) is 2.09. The molecule has 0 aliphatic heterocycles. The predicted molar refractivity (Wildman–Crippen MR) is 43.3 cm³/mol. The summed E-state index contributed by atoms with van der Waals surface area (Å²) in [5.41, 5.74) is 0. The molecule has 0 heterocycles. The SMILES string of the molecule is CC(C)C1CCC[C@H]1C(=O)O. The maximum atomic E-state index is 10.7. The summed E-state index contributed by atoms with van der Waals surface area (Å²) in [6, 6.07) is 0. The van der Waals surface area contributed by atoms with Gasteiger partial charge in [-0.15, -0.1) is 0 Å². The van der Waals surface area contributed by atoms with E-state index in [0.29, 0.717) is 11.8 Å². The van der Waals surface area contributed by atoms with E-state index < -0.39 is 5.97 Å². The molecule has 1 aliphatic rings. The first-order valence-electron chi connectivity index (χ1n) is 4.35. The van der Waals surface area contributed by atoms with Crippen LogP contribution >= 0.6 is 0 Å². The van der Waals surface area contributed by atoms with Crippen LogP contribution in [-0.2, 0) is 4.79 Å². The third-order valence-corrected chi connectivity index (χ3v) is 2.74. The van der Waals surface area contributed by atoms with E-state index in [0.717, 1.165) is 19.3 Å². The topological polar surface area (TPSA) is 37.3 Å². The predicted octanol–water partition coefficient (Wildman–Crippen LogP) is 2.14. The van der Waals surface area contributed by atoms with E-state index in [2.05, 4.69) is 13.8 Å². The number of aliphatic carboxylic acids is 1. The monoisotopic (exact) mass is 156 g/mol. The van der Waals surface area contributed by atoms with Gasteiger partial charge >= 0.3 is 5.97 Å². The van der Waals surface area contributed by atoms with E-state index in [-0.39, 0.29) is 5.92 Å². The van der Waals surface area contributed by atoms with Gasteiger partial charge in [-0.3, -0.25) is 4.79 Å². The zero-order valence-corrected chi connectivity index (χ0v) is 7.21. The van der Waals surface area contributed by atoms with Gasteiger partial charge in [0.25, 0.3) is 0 Å². The second-order valence-corrected chi connectivity index (χ2v) is 3.78. The molecule has 1 saturated carbocycles. The highest BCUT2D eigenvalue weighted by Crippen LogP contribution is 2.36. The summed E-state index contributed by atoms with van der Waals surface area (Å²) in [4.78, 5) is 10.7. The van der Waals surface area contributed by atoms with Crippen molar-refractivity contribution in [1.29, 1.82) is 0 Å². The lowest BCUT2D eigenvalue weighted by Crippen LogP contribution is -2.21. The van der Waals surface area contributed by atoms with Crippen LogP contribution in [0.1, 0.15) is 33.1 Å². The Hall–Kier alpha value is -0.530. The average molecular weight is 156 g/mol. The van der Waals surface area contributed by atoms with Gasteiger partial charge in [0.2, 0.25) is 0 Å². The maximum Gasteiger partial charge on any atom is 0.306 e. The third kappa shape index (κ3) is 1.73. The summed E-state index contributed by atoms with van der Waals surface area (Å²) in [7, 11) is 0. The lowest BCUT2D eigenvalue weighted by molar-refractivity contribution is -0.143. The Balaban J connectivity index is 2.58. The Morgan fingerprint density at radius 3 is 2.45 bits per heavy atom. The smallest absolute Gasteiger partial charge is 0.306 e. The van der Waals surface area contributed by atoms with Crippen molar-refractivity contribution in [2.45, 2.75) is 33.1 Å². The molecule has 1 aliphatic carbocycles. The van der Waals surface area contributed by atoms with Gasteiger partial charge in [0.15, 0.2) is 0 Å². The Kier molecular flexibility index (Phi) is 2.53. The molecule has 1 N–H and O–H groups in total. The van der Waals surface area contributed by atoms with Crippen LogP contribution < -0.4 is 0 Å². The van der Waals surface area contributed by atoms with E-state index >= 15 is 0 Å². The Bertz CT molecular complexity index is 152. The van der Waals surface area contributed by atoms with Crippen LogP contribution in [0.15, 0.2) is 0 Å². The van der Waals surface area contributed by atoms with Crippen molar-refractivity contribution in [3.05, 3.63) is 0 Å². The molecule has 0 spiro atoms. The van der Waals surface area contributed by atoms with Crippen LogP contribution in [0.5, 0.6) is 0 Å². The number of carboxylic acids is 1. The van der Waals surface area contributed by atoms with Crippen LogP contribution in [-0.4, -0.2) is 11.1 Å². The number of carbonyl (C=O) groups is 1. The van der Waals surface area contributed by atoms with Crippen molar-refractivity contribution in [3.8, 4) is 0 Å². The quantitative estimate of drug-likeness (QED) is 0.665. The molecule has 1 unspecified atom stereocenters. The minimum atomic E-state index is -0.596. The summed E-state index contributed by atoms with van der Waals surface area (Å²) in [6.45, 7) is 4.23. The molecule has 1 fully saturated rings. The van der Waals surface area contributed by atoms with Gasteiger partial charge in [-0.05, 0) is 24.7 Å². The van der Waals surface area contributed by atoms with E-state index in [4.69, 9.17) is 5.11 Å². The summed E-state index contributed by atoms with van der Waals surface area (Å²) in [5, 5.41) is 8.83. The highest BCUT2D eigenvalue weighted by molar-refractivity contribution is 5.70. The normalized spacial score (nSPS) is 31.2. The number of carboxylic acid groups (broad SMARTS) is 1. The van der Waals surface area contributed by atoms with Gasteiger partial charge in [0.1, 0.15) is 0 Å². The lowest BCUT2D eigenvalue weighted by Gasteiger charge is -2.18. The van der Waals surface area contributed by atoms with E-state index in [9.17, 15) is 4.79 Å². The van der Waals surface area contributed by atoms with Gasteiger partial charge in [-0.25, -0.2) is 0 Å². The molecule has 0 amide bonds. The summed E-state index contributed by atoms with van der Waals surface area (Å²) < 4.78 is 0. The first-order chi connectivity index (χ1) is 5.13. The standard InChI is InChI=1S/C9H16O2/c1-6(2)7-4-3-5-8(7)9(10)11/h6-8H,3-5H2,1-2H3,(H,10,11)/t7?,8-/m1/s1. The number of hydrogen-bond donors (Lipinski definition) is 1. The largest absolute Gasteiger partial charge is 0.481 e. The van der Waals surface area contributed by atoms with Crippen molar-refractivity contribution in [2.24, 2.45) is 17.8 Å². The van der Waals surface area contributed by atoms with Crippen LogP contribution in [0.2, 0.25) is 0 Å². The van der Waals surface area contributed by atoms with Crippen molar-refractivity contribution >= 4 is 5.97 Å². The van der Waals surface area contributed by atoms with Crippen molar-refractivity contribution in [1.82, 2.24) is 0 Å². The second kappa shape index (κ2) is 3.24. The van der Waals surface area contributed by atoms with Crippen molar-refractivity contribution in [3.63, 3.8) is 0 Å². The van der Waals surface area contributed by atoms with Crippen molar-refractivity contribution < 1.29 is 9.90 Å². The van der Waals surface area contributed by atoms with E-state index in [1.165, 1.54) is 0 Å². The molecule has 2 heteroatoms. The maximum absolute atomic E-state index is 10.7. The number of rotatable bonds is 2. The minimum absolute atomic E-state index is 0.0602. The molecule has 0 aromatic heterocycles. The molecule has 2 nitrogen and oxygen atoms in total. The molecule has 0 aromatic rings. The van der Waals surface area contributed by atoms with E-state index in [1.54, 1.807) is 0 Å². The fraction of sp³-hybridized carbons (Fsp3) is 0.889. The van der Waals surface area contributed by atoms with Crippen molar-refractivity contribution in [2.75, 3.05) is 0 Å². The summed E-state index contributed by atoms with van der Waals surface area (Å²) in [6.07, 6.45) is 3.09. The molecule has 2 atom stereocenters. The Morgan fingerprint density at radius 1 is 1.45 bits per heavy atom. The summed E-state index contributed by atoms with van der Waals surface area (Å²) in [5.74, 6) is 0.294. The lowest BCUT2D eigenvalue weighted by atomic mass is 9.86.